The number of hydrogen-bond donors (Lipinski definition) is 1. The minimum absolute atomic E-state index is 0.133. The lowest BCUT2D eigenvalue weighted by Gasteiger charge is -2.04. The van der Waals surface area contributed by atoms with Gasteiger partial charge in [-0.05, 0) is 24.3 Å². The van der Waals surface area contributed by atoms with Crippen LogP contribution in [0.4, 0.5) is 0 Å². The van der Waals surface area contributed by atoms with Crippen LogP contribution in [0.5, 0.6) is 11.5 Å². The molecule has 1 N–H and O–H groups in total. The first-order valence-corrected chi connectivity index (χ1v) is 10.7. The second-order valence-corrected chi connectivity index (χ2v) is 6.99. The van der Waals surface area contributed by atoms with Crippen LogP contribution < -0.4 is 4.74 Å². The van der Waals surface area contributed by atoms with E-state index < -0.39 is 0 Å². The number of ether oxygens (including phenoxy) is 1. The Morgan fingerprint density at radius 3 is 1.70 bits per heavy atom. The monoisotopic (exact) mass is 548 g/mol. The molecule has 0 aliphatic rings. The molecule has 2 aromatic carbocycles. The lowest BCUT2D eigenvalue weighted by atomic mass is 10.3. The fourth-order valence-electron chi connectivity index (χ4n) is 1.16. The van der Waals surface area contributed by atoms with Gasteiger partial charge >= 0.3 is 0 Å². The summed E-state index contributed by atoms with van der Waals surface area (Å²) in [6.07, 6.45) is 0. The fraction of sp³-hybridized carbons (Fsp3) is 0.250. The average Bonchev–Trinajstić information content (AvgIpc) is 2.58. The van der Waals surface area contributed by atoms with Crippen LogP contribution in [0.2, 0.25) is 10.0 Å². The molecule has 0 heterocycles. The zero-order valence-corrected chi connectivity index (χ0v) is 18.5. The van der Waals surface area contributed by atoms with Crippen molar-refractivity contribution in [3.05, 3.63) is 58.6 Å². The molecule has 128 valence electrons. The minimum atomic E-state index is 0.133. The molecule has 0 unspecified atom stereocenters. The van der Waals surface area contributed by atoms with E-state index in [1.165, 1.54) is 0 Å². The summed E-state index contributed by atoms with van der Waals surface area (Å²) in [5, 5.41) is 12.8. The topological polar surface area (TPSA) is 29.5 Å². The van der Waals surface area contributed by atoms with Gasteiger partial charge in [-0.3, -0.25) is 0 Å². The highest BCUT2D eigenvalue weighted by atomic mass is 79.9. The molecule has 0 bridgehead atoms. The number of benzene rings is 2. The van der Waals surface area contributed by atoms with E-state index in [1.54, 1.807) is 24.3 Å². The van der Waals surface area contributed by atoms with E-state index in [9.17, 15) is 0 Å². The van der Waals surface area contributed by atoms with Crippen molar-refractivity contribution in [2.45, 2.75) is 0 Å². The van der Waals surface area contributed by atoms with Crippen molar-refractivity contribution in [1.29, 1.82) is 0 Å². The standard InChI is InChI=1S/C8H8BrClO.C6H5ClO.C2H4Br2/c9-5-6-11-8-4-2-1-3-7(8)10;7-5-3-1-2-4-6(5)8;3-1-2-4/h1-4H,5-6H2;1-4,8H;1-2H2. The summed E-state index contributed by atoms with van der Waals surface area (Å²) in [6, 6.07) is 14.1. The Morgan fingerprint density at radius 1 is 0.783 bits per heavy atom. The number of para-hydroxylation sites is 2. The number of alkyl halides is 3. The first-order chi connectivity index (χ1) is 11.1. The maximum Gasteiger partial charge on any atom is 0.137 e. The number of phenolic OH excluding ortho intramolecular Hbond substituents is 1. The summed E-state index contributed by atoms with van der Waals surface area (Å²) in [5.74, 6) is 0.878. The van der Waals surface area contributed by atoms with Crippen LogP contribution in [-0.2, 0) is 0 Å². The normalized spacial score (nSPS) is 9.09. The summed E-state index contributed by atoms with van der Waals surface area (Å²) in [7, 11) is 0. The summed E-state index contributed by atoms with van der Waals surface area (Å²) >= 11 is 20.9. The number of hydrogen-bond acceptors (Lipinski definition) is 2. The molecule has 0 fully saturated rings. The predicted octanol–water partition coefficient (Wildman–Crippen LogP) is 6.94. The Morgan fingerprint density at radius 2 is 1.30 bits per heavy atom. The Labute approximate surface area is 172 Å². The SMILES string of the molecule is BrCCBr.Clc1ccccc1OCCBr.Oc1ccccc1Cl. The van der Waals surface area contributed by atoms with Crippen molar-refractivity contribution in [3.63, 3.8) is 0 Å². The van der Waals surface area contributed by atoms with Crippen molar-refractivity contribution in [2.75, 3.05) is 22.6 Å². The molecule has 0 atom stereocenters. The molecular weight excluding hydrogens is 535 g/mol. The van der Waals surface area contributed by atoms with Crippen molar-refractivity contribution in [2.24, 2.45) is 0 Å². The molecular formula is C16H17Br3Cl2O2. The van der Waals surface area contributed by atoms with Gasteiger partial charge in [-0.15, -0.1) is 0 Å². The Hall–Kier alpha value is 0.0600. The van der Waals surface area contributed by atoms with Crippen LogP contribution in [-0.4, -0.2) is 27.7 Å². The van der Waals surface area contributed by atoms with Crippen LogP contribution in [0.15, 0.2) is 48.5 Å². The van der Waals surface area contributed by atoms with Gasteiger partial charge in [0.25, 0.3) is 0 Å². The third-order valence-electron chi connectivity index (χ3n) is 2.10. The zero-order valence-electron chi connectivity index (χ0n) is 12.2. The molecule has 0 aliphatic heterocycles. The number of rotatable bonds is 4. The molecule has 2 nitrogen and oxygen atoms in total. The molecule has 23 heavy (non-hydrogen) atoms. The molecule has 0 radical (unpaired) electrons. The van der Waals surface area contributed by atoms with Crippen molar-refractivity contribution >= 4 is 71.0 Å². The Bertz CT molecular complexity index is 519. The van der Waals surface area contributed by atoms with Crippen LogP contribution in [0, 0.1) is 0 Å². The van der Waals surface area contributed by atoms with Crippen LogP contribution >= 0.6 is 71.0 Å². The van der Waals surface area contributed by atoms with Gasteiger partial charge in [0.15, 0.2) is 0 Å². The fourth-order valence-corrected chi connectivity index (χ4v) is 1.65. The lowest BCUT2D eigenvalue weighted by molar-refractivity contribution is 0.345. The van der Waals surface area contributed by atoms with Crippen molar-refractivity contribution in [3.8, 4) is 11.5 Å². The molecule has 7 heteroatoms. The molecule has 0 spiro atoms. The third-order valence-corrected chi connectivity index (χ3v) is 4.91. The maximum absolute atomic E-state index is 8.79. The van der Waals surface area contributed by atoms with Gasteiger partial charge in [-0.25, -0.2) is 0 Å². The van der Waals surface area contributed by atoms with E-state index in [0.717, 1.165) is 21.7 Å². The van der Waals surface area contributed by atoms with Crippen LogP contribution in [0.1, 0.15) is 0 Å². The highest BCUT2D eigenvalue weighted by Gasteiger charge is 1.97. The first-order valence-electron chi connectivity index (χ1n) is 6.55. The predicted molar refractivity (Wildman–Crippen MR) is 111 cm³/mol. The second-order valence-electron chi connectivity index (χ2n) is 3.80. The first kappa shape index (κ1) is 23.1. The summed E-state index contributed by atoms with van der Waals surface area (Å²) < 4.78 is 5.31. The van der Waals surface area contributed by atoms with E-state index >= 15 is 0 Å². The molecule has 0 saturated carbocycles. The molecule has 0 aliphatic carbocycles. The highest BCUT2D eigenvalue weighted by molar-refractivity contribution is 9.12. The Balaban J connectivity index is 0.000000354. The average molecular weight is 552 g/mol. The smallest absolute Gasteiger partial charge is 0.137 e. The molecule has 2 aromatic rings. The number of aromatic hydroxyl groups is 1. The Kier molecular flexibility index (Phi) is 15.6. The quantitative estimate of drug-likeness (QED) is 0.417. The molecule has 0 aromatic heterocycles. The summed E-state index contributed by atoms with van der Waals surface area (Å²) in [4.78, 5) is 0. The van der Waals surface area contributed by atoms with Gasteiger partial charge in [0.2, 0.25) is 0 Å². The number of halogens is 5. The van der Waals surface area contributed by atoms with E-state index in [-0.39, 0.29) is 5.75 Å². The summed E-state index contributed by atoms with van der Waals surface area (Å²) in [6.45, 7) is 0.643. The lowest BCUT2D eigenvalue weighted by Crippen LogP contribution is -1.97. The maximum atomic E-state index is 8.79. The van der Waals surface area contributed by atoms with Gasteiger partial charge < -0.3 is 9.84 Å². The van der Waals surface area contributed by atoms with Crippen molar-refractivity contribution < 1.29 is 9.84 Å². The largest absolute Gasteiger partial charge is 0.506 e. The zero-order chi connectivity index (χ0) is 17.5. The number of phenols is 1. The van der Waals surface area contributed by atoms with E-state index in [1.807, 2.05) is 24.3 Å². The molecule has 2 rings (SSSR count). The highest BCUT2D eigenvalue weighted by Crippen LogP contribution is 2.22. The third kappa shape index (κ3) is 12.1. The summed E-state index contributed by atoms with van der Waals surface area (Å²) in [5.41, 5.74) is 0. The van der Waals surface area contributed by atoms with E-state index in [4.69, 9.17) is 33.0 Å². The molecule has 0 saturated heterocycles. The van der Waals surface area contributed by atoms with Gasteiger partial charge in [-0.1, -0.05) is 95.3 Å². The van der Waals surface area contributed by atoms with Gasteiger partial charge in [0.05, 0.1) is 16.7 Å². The van der Waals surface area contributed by atoms with Crippen molar-refractivity contribution in [1.82, 2.24) is 0 Å². The van der Waals surface area contributed by atoms with Gasteiger partial charge in [0, 0.05) is 16.0 Å². The minimum Gasteiger partial charge on any atom is -0.506 e. The van der Waals surface area contributed by atoms with E-state index in [0.29, 0.717) is 16.7 Å². The second kappa shape index (κ2) is 15.6. The van der Waals surface area contributed by atoms with Crippen LogP contribution in [0.3, 0.4) is 0 Å². The van der Waals surface area contributed by atoms with Gasteiger partial charge in [-0.2, -0.15) is 0 Å². The van der Waals surface area contributed by atoms with Gasteiger partial charge in [0.1, 0.15) is 11.5 Å². The molecule has 0 amide bonds. The van der Waals surface area contributed by atoms with Crippen LogP contribution in [0.25, 0.3) is 0 Å². The van der Waals surface area contributed by atoms with E-state index in [2.05, 4.69) is 47.8 Å².